The number of benzene rings is 2. The molecule has 0 aliphatic carbocycles. The van der Waals surface area contributed by atoms with Gasteiger partial charge < -0.3 is 10.3 Å². The second-order valence-corrected chi connectivity index (χ2v) is 9.01. The number of anilines is 1. The number of rotatable bonds is 6. The molecule has 2 aromatic heterocycles. The Hall–Kier alpha value is -4.14. The molecule has 7 nitrogen and oxygen atoms in total. The monoisotopic (exact) mass is 463 g/mol. The Bertz CT molecular complexity index is 1330. The summed E-state index contributed by atoms with van der Waals surface area (Å²) in [6.45, 7) is 6.43. The summed E-state index contributed by atoms with van der Waals surface area (Å²) >= 11 is 0. The standard InChI is InChI=1S/C25H23F2N5O2/c1-25(2,3)14-28-23-19(32(33)34)13-12-18(29-23)22-21(15-8-5-4-6-9-15)30-24(31-22)20-16(26)10-7-11-17(20)27/h4-13H,14H2,1-3H3,(H,28,29)(H,30,31). The van der Waals surface area contributed by atoms with Crippen molar-refractivity contribution in [1.29, 1.82) is 0 Å². The first-order chi connectivity index (χ1) is 16.1. The van der Waals surface area contributed by atoms with Crippen molar-refractivity contribution in [3.05, 3.63) is 82.4 Å². The van der Waals surface area contributed by atoms with Crippen molar-refractivity contribution in [1.82, 2.24) is 15.0 Å². The molecule has 0 atom stereocenters. The van der Waals surface area contributed by atoms with Crippen molar-refractivity contribution in [3.63, 3.8) is 0 Å². The highest BCUT2D eigenvalue weighted by Crippen LogP contribution is 2.36. The van der Waals surface area contributed by atoms with Gasteiger partial charge in [0, 0.05) is 18.2 Å². The molecular formula is C25H23F2N5O2. The van der Waals surface area contributed by atoms with E-state index in [9.17, 15) is 18.9 Å². The molecule has 0 spiro atoms. The van der Waals surface area contributed by atoms with E-state index in [1.165, 1.54) is 18.2 Å². The lowest BCUT2D eigenvalue weighted by Crippen LogP contribution is -2.20. The van der Waals surface area contributed by atoms with E-state index in [1.54, 1.807) is 0 Å². The van der Waals surface area contributed by atoms with Gasteiger partial charge in [0.25, 0.3) is 0 Å². The number of aromatic amines is 1. The van der Waals surface area contributed by atoms with E-state index in [1.807, 2.05) is 51.1 Å². The molecule has 9 heteroatoms. The topological polar surface area (TPSA) is 96.7 Å². The lowest BCUT2D eigenvalue weighted by atomic mass is 9.97. The zero-order chi connectivity index (χ0) is 24.5. The molecule has 2 N–H and O–H groups in total. The molecule has 2 aromatic carbocycles. The predicted octanol–water partition coefficient (Wildman–Crippen LogP) is 6.45. The Morgan fingerprint density at radius 2 is 1.65 bits per heavy atom. The maximum atomic E-state index is 14.5. The minimum atomic E-state index is -0.760. The van der Waals surface area contributed by atoms with Crippen molar-refractivity contribution in [3.8, 4) is 34.0 Å². The van der Waals surface area contributed by atoms with Gasteiger partial charge in [-0.1, -0.05) is 57.2 Å². The zero-order valence-corrected chi connectivity index (χ0v) is 18.9. The number of halogens is 2. The van der Waals surface area contributed by atoms with Crippen molar-refractivity contribution in [2.24, 2.45) is 5.41 Å². The number of H-pyrrole nitrogens is 1. The van der Waals surface area contributed by atoms with Crippen molar-refractivity contribution in [2.75, 3.05) is 11.9 Å². The molecule has 34 heavy (non-hydrogen) atoms. The molecule has 0 saturated carbocycles. The molecule has 0 amide bonds. The largest absolute Gasteiger partial charge is 0.364 e. The molecule has 0 bridgehead atoms. The van der Waals surface area contributed by atoms with Crippen LogP contribution in [0, 0.1) is 27.2 Å². The van der Waals surface area contributed by atoms with E-state index in [-0.39, 0.29) is 28.3 Å². The fourth-order valence-corrected chi connectivity index (χ4v) is 3.42. The molecule has 4 aromatic rings. The third-order valence-electron chi connectivity index (χ3n) is 5.06. The van der Waals surface area contributed by atoms with Crippen LogP contribution in [0.25, 0.3) is 34.0 Å². The Morgan fingerprint density at radius 1 is 0.971 bits per heavy atom. The van der Waals surface area contributed by atoms with Gasteiger partial charge >= 0.3 is 5.69 Å². The third-order valence-corrected chi connectivity index (χ3v) is 5.06. The van der Waals surface area contributed by atoms with Crippen molar-refractivity contribution < 1.29 is 13.7 Å². The smallest absolute Gasteiger partial charge is 0.311 e. The number of aromatic nitrogens is 3. The van der Waals surface area contributed by atoms with Gasteiger partial charge in [-0.25, -0.2) is 18.7 Å². The molecule has 2 heterocycles. The second-order valence-electron chi connectivity index (χ2n) is 9.01. The summed E-state index contributed by atoms with van der Waals surface area (Å²) in [5, 5.41) is 14.6. The minimum Gasteiger partial charge on any atom is -0.364 e. The Balaban J connectivity index is 1.90. The summed E-state index contributed by atoms with van der Waals surface area (Å²) in [7, 11) is 0. The quantitative estimate of drug-likeness (QED) is 0.253. The molecule has 4 rings (SSSR count). The van der Waals surface area contributed by atoms with Gasteiger partial charge in [-0.15, -0.1) is 0 Å². The Labute approximate surface area is 195 Å². The van der Waals surface area contributed by atoms with Crippen LogP contribution in [-0.2, 0) is 0 Å². The van der Waals surface area contributed by atoms with Crippen molar-refractivity contribution >= 4 is 11.5 Å². The lowest BCUT2D eigenvalue weighted by molar-refractivity contribution is -0.384. The van der Waals surface area contributed by atoms with Crippen LogP contribution in [0.1, 0.15) is 20.8 Å². The molecule has 0 radical (unpaired) electrons. The number of nitrogens with zero attached hydrogens (tertiary/aromatic N) is 3. The van der Waals surface area contributed by atoms with E-state index in [2.05, 4.69) is 20.3 Å². The molecule has 0 fully saturated rings. The number of hydrogen-bond acceptors (Lipinski definition) is 5. The first-order valence-corrected chi connectivity index (χ1v) is 10.6. The van der Waals surface area contributed by atoms with Gasteiger partial charge in [0.05, 0.1) is 27.6 Å². The van der Waals surface area contributed by atoms with Crippen LogP contribution >= 0.6 is 0 Å². The van der Waals surface area contributed by atoms with Crippen molar-refractivity contribution in [2.45, 2.75) is 20.8 Å². The van der Waals surface area contributed by atoms with Crippen LogP contribution in [0.5, 0.6) is 0 Å². The third kappa shape index (κ3) is 4.78. The zero-order valence-electron chi connectivity index (χ0n) is 18.9. The highest BCUT2D eigenvalue weighted by molar-refractivity contribution is 5.81. The van der Waals surface area contributed by atoms with Crippen LogP contribution in [-0.4, -0.2) is 26.4 Å². The number of hydrogen-bond donors (Lipinski definition) is 2. The number of imidazole rings is 1. The normalized spacial score (nSPS) is 11.4. The molecule has 0 aliphatic rings. The lowest BCUT2D eigenvalue weighted by Gasteiger charge is -2.19. The highest BCUT2D eigenvalue weighted by Gasteiger charge is 2.24. The summed E-state index contributed by atoms with van der Waals surface area (Å²) in [4.78, 5) is 23.0. The summed E-state index contributed by atoms with van der Waals surface area (Å²) in [6, 6.07) is 15.5. The van der Waals surface area contributed by atoms with E-state index in [0.717, 1.165) is 12.1 Å². The van der Waals surface area contributed by atoms with Gasteiger partial charge in [0.2, 0.25) is 5.82 Å². The summed E-state index contributed by atoms with van der Waals surface area (Å²) < 4.78 is 29.0. The fourth-order valence-electron chi connectivity index (χ4n) is 3.42. The van der Waals surface area contributed by atoms with Gasteiger partial charge in [0.15, 0.2) is 0 Å². The molecule has 0 aliphatic heterocycles. The summed E-state index contributed by atoms with van der Waals surface area (Å²) in [5.74, 6) is -1.42. The molecule has 174 valence electrons. The number of pyridine rings is 1. The minimum absolute atomic E-state index is 0.00573. The molecule has 0 unspecified atom stereocenters. The predicted molar refractivity (Wildman–Crippen MR) is 127 cm³/mol. The Morgan fingerprint density at radius 3 is 2.26 bits per heavy atom. The summed E-state index contributed by atoms with van der Waals surface area (Å²) in [6.07, 6.45) is 0. The second kappa shape index (κ2) is 9.01. The maximum Gasteiger partial charge on any atom is 0.311 e. The van der Waals surface area contributed by atoms with Crippen LogP contribution in [0.15, 0.2) is 60.7 Å². The first kappa shape index (κ1) is 23.0. The Kier molecular flexibility index (Phi) is 6.10. The average Bonchev–Trinajstić information content (AvgIpc) is 3.22. The van der Waals surface area contributed by atoms with E-state index in [0.29, 0.717) is 29.2 Å². The van der Waals surface area contributed by atoms with Crippen LogP contribution in [0.4, 0.5) is 20.3 Å². The molecular weight excluding hydrogens is 440 g/mol. The fraction of sp³-hybridized carbons (Fsp3) is 0.200. The first-order valence-electron chi connectivity index (χ1n) is 10.6. The van der Waals surface area contributed by atoms with Gasteiger partial charge in [-0.3, -0.25) is 10.1 Å². The average molecular weight is 463 g/mol. The highest BCUT2D eigenvalue weighted by atomic mass is 19.1. The van der Waals surface area contributed by atoms with E-state index in [4.69, 9.17) is 0 Å². The number of nitro groups is 1. The van der Waals surface area contributed by atoms with Gasteiger partial charge in [-0.05, 0) is 23.6 Å². The van der Waals surface area contributed by atoms with Crippen LogP contribution in [0.3, 0.4) is 0 Å². The maximum absolute atomic E-state index is 14.5. The summed E-state index contributed by atoms with van der Waals surface area (Å²) in [5.41, 5.74) is 1.23. The van der Waals surface area contributed by atoms with E-state index >= 15 is 0 Å². The number of nitrogens with one attached hydrogen (secondary N) is 2. The van der Waals surface area contributed by atoms with Crippen LogP contribution in [0.2, 0.25) is 0 Å². The molecule has 0 saturated heterocycles. The van der Waals surface area contributed by atoms with E-state index < -0.39 is 16.6 Å². The van der Waals surface area contributed by atoms with Gasteiger partial charge in [-0.2, -0.15) is 0 Å². The van der Waals surface area contributed by atoms with Crippen LogP contribution < -0.4 is 5.32 Å². The van der Waals surface area contributed by atoms with Gasteiger partial charge in [0.1, 0.15) is 17.5 Å². The SMILES string of the molecule is CC(C)(C)CNc1nc(-c2[nH]c(-c3c(F)cccc3F)nc2-c2ccccc2)ccc1[N+](=O)[O-].